The quantitative estimate of drug-likeness (QED) is 0.545. The van der Waals surface area contributed by atoms with Crippen molar-refractivity contribution in [2.45, 2.75) is 5.54 Å². The van der Waals surface area contributed by atoms with Gasteiger partial charge in [0.15, 0.2) is 9.84 Å². The molecule has 0 saturated carbocycles. The monoisotopic (exact) mass is 201 g/mol. The first-order valence-electron chi connectivity index (χ1n) is 2.58. The lowest BCUT2D eigenvalue weighted by Gasteiger charge is -2.32. The highest BCUT2D eigenvalue weighted by Crippen LogP contribution is 2.20. The second-order valence-electron chi connectivity index (χ2n) is 2.49. The lowest BCUT2D eigenvalue weighted by atomic mass is 10.1. The molecule has 66 valence electrons. The molecule has 1 fully saturated rings. The van der Waals surface area contributed by atoms with Gasteiger partial charge in [0.05, 0.1) is 11.5 Å². The van der Waals surface area contributed by atoms with Gasteiger partial charge < -0.3 is 10.8 Å². The predicted molar refractivity (Wildman–Crippen MR) is 40.5 cm³/mol. The fourth-order valence-electron chi connectivity index (χ4n) is 0.866. The smallest absolute Gasteiger partial charge is 0.325 e. The molecule has 0 aromatic carbocycles. The Morgan fingerprint density at radius 2 is 1.82 bits per heavy atom. The molecule has 0 unspecified atom stereocenters. The third-order valence-corrected chi connectivity index (χ3v) is 3.29. The molecular weight excluding hydrogens is 194 g/mol. The third-order valence-electron chi connectivity index (χ3n) is 1.38. The minimum absolute atomic E-state index is 0. The molecule has 1 heterocycles. The van der Waals surface area contributed by atoms with Crippen LogP contribution in [0, 0.1) is 0 Å². The highest BCUT2D eigenvalue weighted by molar-refractivity contribution is 7.93. The SMILES string of the molecule is Cl.NC1(C(=O)O)CS(=O)(=O)C1. The third kappa shape index (κ3) is 1.82. The van der Waals surface area contributed by atoms with Gasteiger partial charge in [-0.3, -0.25) is 4.79 Å². The van der Waals surface area contributed by atoms with Gasteiger partial charge in [-0.2, -0.15) is 0 Å². The maximum Gasteiger partial charge on any atom is 0.325 e. The van der Waals surface area contributed by atoms with Crippen molar-refractivity contribution in [1.82, 2.24) is 0 Å². The van der Waals surface area contributed by atoms with Crippen molar-refractivity contribution in [2.24, 2.45) is 5.73 Å². The number of hydrogen-bond acceptors (Lipinski definition) is 4. The lowest BCUT2D eigenvalue weighted by molar-refractivity contribution is -0.142. The molecular formula is C4H8ClNO4S. The average molecular weight is 202 g/mol. The summed E-state index contributed by atoms with van der Waals surface area (Å²) in [5.41, 5.74) is 3.63. The van der Waals surface area contributed by atoms with Gasteiger partial charge >= 0.3 is 5.97 Å². The van der Waals surface area contributed by atoms with Crippen molar-refractivity contribution in [2.75, 3.05) is 11.5 Å². The second kappa shape index (κ2) is 2.62. The van der Waals surface area contributed by atoms with Crippen molar-refractivity contribution in [3.63, 3.8) is 0 Å². The molecule has 11 heavy (non-hydrogen) atoms. The van der Waals surface area contributed by atoms with Crippen molar-refractivity contribution >= 4 is 28.2 Å². The Morgan fingerprint density at radius 1 is 1.45 bits per heavy atom. The molecule has 0 aromatic heterocycles. The molecule has 3 N–H and O–H groups in total. The number of aliphatic carboxylic acids is 1. The Hall–Kier alpha value is -0.330. The molecule has 0 radical (unpaired) electrons. The standard InChI is InChI=1S/C4H7NO4S.ClH/c5-4(3(6)7)1-10(8,9)2-4;/h1-2,5H2,(H,6,7);1H. The number of halogens is 1. The molecule has 1 rings (SSSR count). The second-order valence-corrected chi connectivity index (χ2v) is 4.56. The summed E-state index contributed by atoms with van der Waals surface area (Å²) in [5, 5.41) is 8.34. The Kier molecular flexibility index (Phi) is 2.54. The van der Waals surface area contributed by atoms with E-state index >= 15 is 0 Å². The minimum Gasteiger partial charge on any atom is -0.480 e. The van der Waals surface area contributed by atoms with E-state index < -0.39 is 32.9 Å². The van der Waals surface area contributed by atoms with Gasteiger partial charge in [0.25, 0.3) is 0 Å². The van der Waals surface area contributed by atoms with E-state index in [4.69, 9.17) is 10.8 Å². The molecule has 0 aliphatic carbocycles. The van der Waals surface area contributed by atoms with Crippen molar-refractivity contribution < 1.29 is 18.3 Å². The summed E-state index contributed by atoms with van der Waals surface area (Å²) >= 11 is 0. The first kappa shape index (κ1) is 10.7. The van der Waals surface area contributed by atoms with Crippen LogP contribution in [0.5, 0.6) is 0 Å². The van der Waals surface area contributed by atoms with Crippen LogP contribution in [0.2, 0.25) is 0 Å². The van der Waals surface area contributed by atoms with Gasteiger partial charge in [-0.1, -0.05) is 0 Å². The molecule has 0 bridgehead atoms. The maximum atomic E-state index is 10.5. The Labute approximate surface area is 69.9 Å². The number of rotatable bonds is 1. The summed E-state index contributed by atoms with van der Waals surface area (Å²) in [6, 6.07) is 0. The molecule has 0 aromatic rings. The van der Waals surface area contributed by atoms with Crippen molar-refractivity contribution in [3.05, 3.63) is 0 Å². The summed E-state index contributed by atoms with van der Waals surface area (Å²) in [6.07, 6.45) is 0. The van der Waals surface area contributed by atoms with Gasteiger partial charge in [0.2, 0.25) is 0 Å². The van der Waals surface area contributed by atoms with Gasteiger partial charge in [-0.15, -0.1) is 12.4 Å². The highest BCUT2D eigenvalue weighted by Gasteiger charge is 2.51. The minimum atomic E-state index is -3.14. The van der Waals surface area contributed by atoms with E-state index in [2.05, 4.69) is 0 Å². The first-order valence-corrected chi connectivity index (χ1v) is 4.41. The Morgan fingerprint density at radius 3 is 1.91 bits per heavy atom. The van der Waals surface area contributed by atoms with E-state index in [-0.39, 0.29) is 12.4 Å². The Balaban J connectivity index is 0.000001000. The van der Waals surface area contributed by atoms with Crippen LogP contribution in [0.1, 0.15) is 0 Å². The van der Waals surface area contributed by atoms with Crippen LogP contribution in [0.3, 0.4) is 0 Å². The van der Waals surface area contributed by atoms with Crippen LogP contribution in [0.25, 0.3) is 0 Å². The van der Waals surface area contributed by atoms with Crippen LogP contribution in [-0.2, 0) is 14.6 Å². The zero-order valence-electron chi connectivity index (χ0n) is 5.48. The largest absolute Gasteiger partial charge is 0.480 e. The molecule has 7 heteroatoms. The molecule has 0 amide bonds. The van der Waals surface area contributed by atoms with E-state index in [1.54, 1.807) is 0 Å². The van der Waals surface area contributed by atoms with E-state index in [9.17, 15) is 13.2 Å². The van der Waals surface area contributed by atoms with Gasteiger partial charge in [-0.05, 0) is 0 Å². The predicted octanol–water partition coefficient (Wildman–Crippen LogP) is -1.38. The van der Waals surface area contributed by atoms with Crippen LogP contribution in [-0.4, -0.2) is 36.5 Å². The normalized spacial score (nSPS) is 24.5. The molecule has 1 aliphatic heterocycles. The number of carboxylic acid groups (broad SMARTS) is 1. The molecule has 1 saturated heterocycles. The van der Waals surface area contributed by atoms with Crippen LogP contribution < -0.4 is 5.73 Å². The van der Waals surface area contributed by atoms with E-state index in [1.807, 2.05) is 0 Å². The summed E-state index contributed by atoms with van der Waals surface area (Å²) in [5.74, 6) is -2.12. The number of nitrogens with two attached hydrogens (primary N) is 1. The van der Waals surface area contributed by atoms with Crippen molar-refractivity contribution in [3.8, 4) is 0 Å². The van der Waals surface area contributed by atoms with Gasteiger partial charge in [-0.25, -0.2) is 8.42 Å². The average Bonchev–Trinajstić information content (AvgIpc) is 1.59. The molecule has 0 atom stereocenters. The summed E-state index contributed by atoms with van der Waals surface area (Å²) < 4.78 is 20.9. The first-order chi connectivity index (χ1) is 4.36. The van der Waals surface area contributed by atoms with Crippen LogP contribution in [0.4, 0.5) is 0 Å². The van der Waals surface area contributed by atoms with E-state index in [0.29, 0.717) is 0 Å². The fourth-order valence-corrected chi connectivity index (χ4v) is 2.60. The van der Waals surface area contributed by atoms with E-state index in [0.717, 1.165) is 0 Å². The molecule has 1 aliphatic rings. The van der Waals surface area contributed by atoms with Crippen LogP contribution >= 0.6 is 12.4 Å². The molecule has 0 spiro atoms. The summed E-state index contributed by atoms with van der Waals surface area (Å²) in [7, 11) is -3.14. The van der Waals surface area contributed by atoms with Gasteiger partial charge in [0, 0.05) is 0 Å². The number of carbonyl (C=O) groups is 1. The zero-order valence-corrected chi connectivity index (χ0v) is 7.11. The highest BCUT2D eigenvalue weighted by atomic mass is 35.5. The maximum absolute atomic E-state index is 10.5. The summed E-state index contributed by atoms with van der Waals surface area (Å²) in [4.78, 5) is 10.2. The fraction of sp³-hybridized carbons (Fsp3) is 0.750. The van der Waals surface area contributed by atoms with E-state index in [1.165, 1.54) is 0 Å². The van der Waals surface area contributed by atoms with Crippen molar-refractivity contribution in [1.29, 1.82) is 0 Å². The number of sulfone groups is 1. The molecule has 5 nitrogen and oxygen atoms in total. The number of hydrogen-bond donors (Lipinski definition) is 2. The zero-order chi connectivity index (χ0) is 7.99. The topological polar surface area (TPSA) is 97.5 Å². The van der Waals surface area contributed by atoms with Crippen LogP contribution in [0.15, 0.2) is 0 Å². The lowest BCUT2D eigenvalue weighted by Crippen LogP contribution is -2.66. The Bertz CT molecular complexity index is 260. The van der Waals surface area contributed by atoms with Gasteiger partial charge in [0.1, 0.15) is 5.54 Å². The summed E-state index contributed by atoms with van der Waals surface area (Å²) in [6.45, 7) is 0. The number of carboxylic acids is 1.